The number of hydrogen-bond acceptors (Lipinski definition) is 5. The van der Waals surface area contributed by atoms with Crippen molar-refractivity contribution in [2.75, 3.05) is 0 Å². The maximum absolute atomic E-state index is 14.9. The van der Waals surface area contributed by atoms with Gasteiger partial charge in [0.25, 0.3) is 0 Å². The Labute approximate surface area is 140 Å². The van der Waals surface area contributed by atoms with Gasteiger partial charge >= 0.3 is 5.25 Å². The Hall–Kier alpha value is -2.01. The first-order valence-electron chi connectivity index (χ1n) is 7.23. The van der Waals surface area contributed by atoms with E-state index in [4.69, 9.17) is 0 Å². The third-order valence-electron chi connectivity index (χ3n) is 4.04. The maximum Gasteiger partial charge on any atom is 0.379 e. The molecule has 1 aromatic carbocycles. The van der Waals surface area contributed by atoms with Gasteiger partial charge in [-0.1, -0.05) is 5.21 Å². The Balaban J connectivity index is 2.18. The lowest BCUT2D eigenvalue weighted by Gasteiger charge is -2.35. The Morgan fingerprint density at radius 2 is 1.96 bits per heavy atom. The predicted molar refractivity (Wildman–Crippen MR) is 77.2 cm³/mol. The number of hydrogen-bond donors (Lipinski definition) is 1. The zero-order valence-electron chi connectivity index (χ0n) is 12.6. The van der Waals surface area contributed by atoms with E-state index in [0.717, 1.165) is 17.1 Å². The van der Waals surface area contributed by atoms with Crippen molar-refractivity contribution >= 4 is 9.84 Å². The van der Waals surface area contributed by atoms with Crippen molar-refractivity contribution in [2.24, 2.45) is 0 Å². The standard InChI is InChI=1S/C14H13F4N3O3S/c15-9-1-4-11(12(16)7-9)13(22,8-21-6-5-19-20-21)14(17,18)25(23,24)10-2-3-10/h1,4-7,10,22H,2-3,8H2. The van der Waals surface area contributed by atoms with Crippen molar-refractivity contribution in [2.45, 2.75) is 35.5 Å². The molecule has 2 aromatic rings. The fourth-order valence-corrected chi connectivity index (χ4v) is 4.35. The van der Waals surface area contributed by atoms with Crippen molar-refractivity contribution in [3.63, 3.8) is 0 Å². The Morgan fingerprint density at radius 1 is 1.28 bits per heavy atom. The summed E-state index contributed by atoms with van der Waals surface area (Å²) in [6, 6.07) is 1.55. The van der Waals surface area contributed by atoms with Crippen LogP contribution in [-0.4, -0.2) is 39.0 Å². The lowest BCUT2D eigenvalue weighted by atomic mass is 9.93. The van der Waals surface area contributed by atoms with E-state index >= 15 is 0 Å². The van der Waals surface area contributed by atoms with Crippen LogP contribution in [-0.2, 0) is 22.0 Å². The van der Waals surface area contributed by atoms with Crippen LogP contribution in [0.1, 0.15) is 18.4 Å². The molecule has 0 spiro atoms. The van der Waals surface area contributed by atoms with Gasteiger partial charge < -0.3 is 5.11 Å². The van der Waals surface area contributed by atoms with Gasteiger partial charge in [-0.2, -0.15) is 8.78 Å². The summed E-state index contributed by atoms with van der Waals surface area (Å²) in [6.45, 7) is -1.09. The van der Waals surface area contributed by atoms with Crippen LogP contribution in [0.4, 0.5) is 17.6 Å². The van der Waals surface area contributed by atoms with E-state index in [-0.39, 0.29) is 12.8 Å². The molecule has 1 saturated carbocycles. The SMILES string of the molecule is O=S(=O)(C1CC1)C(F)(F)C(O)(Cn1ccnn1)c1ccc(F)cc1F. The fraction of sp³-hybridized carbons (Fsp3) is 0.429. The molecule has 0 saturated heterocycles. The van der Waals surface area contributed by atoms with Gasteiger partial charge in [0.05, 0.1) is 18.0 Å². The normalized spacial score (nSPS) is 18.1. The number of nitrogens with zero attached hydrogens (tertiary/aromatic N) is 3. The third kappa shape index (κ3) is 2.80. The van der Waals surface area contributed by atoms with Gasteiger partial charge in [-0.3, -0.25) is 0 Å². The topological polar surface area (TPSA) is 85.1 Å². The Morgan fingerprint density at radius 3 is 2.48 bits per heavy atom. The molecule has 1 heterocycles. The molecule has 136 valence electrons. The number of aromatic nitrogens is 3. The molecule has 0 amide bonds. The molecule has 11 heteroatoms. The van der Waals surface area contributed by atoms with E-state index in [9.17, 15) is 31.1 Å². The van der Waals surface area contributed by atoms with Crippen molar-refractivity contribution in [1.82, 2.24) is 15.0 Å². The lowest BCUT2D eigenvalue weighted by Crippen LogP contribution is -2.54. The molecular formula is C14H13F4N3O3S. The number of rotatable bonds is 6. The summed E-state index contributed by atoms with van der Waals surface area (Å²) >= 11 is 0. The third-order valence-corrected chi connectivity index (χ3v) is 6.44. The van der Waals surface area contributed by atoms with Gasteiger partial charge in [-0.15, -0.1) is 5.10 Å². The summed E-state index contributed by atoms with van der Waals surface area (Å²) in [5.41, 5.74) is -4.54. The van der Waals surface area contributed by atoms with Crippen molar-refractivity contribution in [1.29, 1.82) is 0 Å². The second-order valence-electron chi connectivity index (χ2n) is 5.85. The zero-order chi connectivity index (χ0) is 18.5. The van der Waals surface area contributed by atoms with Crippen LogP contribution in [0.15, 0.2) is 30.6 Å². The average molecular weight is 379 g/mol. The largest absolute Gasteiger partial charge is 0.379 e. The highest BCUT2D eigenvalue weighted by molar-refractivity contribution is 7.93. The number of alkyl halides is 2. The molecular weight excluding hydrogens is 366 g/mol. The molecule has 1 atom stereocenters. The van der Waals surface area contributed by atoms with E-state index in [1.807, 2.05) is 0 Å². The second-order valence-corrected chi connectivity index (χ2v) is 8.12. The number of sulfone groups is 1. The molecule has 0 bridgehead atoms. The van der Waals surface area contributed by atoms with Crippen molar-refractivity contribution in [3.8, 4) is 0 Å². The van der Waals surface area contributed by atoms with Crippen LogP contribution in [0, 0.1) is 11.6 Å². The van der Waals surface area contributed by atoms with E-state index in [1.165, 1.54) is 0 Å². The zero-order valence-corrected chi connectivity index (χ0v) is 13.4. The first-order valence-corrected chi connectivity index (χ1v) is 8.77. The van der Waals surface area contributed by atoms with Gasteiger partial charge in [0.2, 0.25) is 9.84 Å². The van der Waals surface area contributed by atoms with Crippen LogP contribution < -0.4 is 0 Å². The van der Waals surface area contributed by atoms with Crippen LogP contribution in [0.2, 0.25) is 0 Å². The lowest BCUT2D eigenvalue weighted by molar-refractivity contribution is -0.145. The van der Waals surface area contributed by atoms with Gasteiger partial charge in [0, 0.05) is 17.8 Å². The molecule has 1 unspecified atom stereocenters. The quantitative estimate of drug-likeness (QED) is 0.771. The minimum Gasteiger partial charge on any atom is -0.376 e. The minimum atomic E-state index is -5.11. The molecule has 1 aliphatic rings. The molecule has 0 aliphatic heterocycles. The summed E-state index contributed by atoms with van der Waals surface area (Å²) in [6.07, 6.45) is 2.29. The average Bonchev–Trinajstić information content (AvgIpc) is 3.26. The second kappa shape index (κ2) is 5.77. The highest BCUT2D eigenvalue weighted by Crippen LogP contribution is 2.49. The van der Waals surface area contributed by atoms with Crippen LogP contribution in [0.3, 0.4) is 0 Å². The van der Waals surface area contributed by atoms with Crippen molar-refractivity contribution < 1.29 is 31.1 Å². The fourth-order valence-electron chi connectivity index (χ4n) is 2.53. The van der Waals surface area contributed by atoms with Crippen molar-refractivity contribution in [3.05, 3.63) is 47.8 Å². The van der Waals surface area contributed by atoms with E-state index in [2.05, 4.69) is 10.3 Å². The molecule has 6 nitrogen and oxygen atoms in total. The molecule has 25 heavy (non-hydrogen) atoms. The number of benzene rings is 1. The molecule has 1 aromatic heterocycles. The van der Waals surface area contributed by atoms with E-state index < -0.39 is 49.7 Å². The smallest absolute Gasteiger partial charge is 0.376 e. The van der Waals surface area contributed by atoms with Gasteiger partial charge in [0.1, 0.15) is 11.6 Å². The highest BCUT2D eigenvalue weighted by atomic mass is 32.2. The van der Waals surface area contributed by atoms with E-state index in [0.29, 0.717) is 18.2 Å². The first-order chi connectivity index (χ1) is 11.6. The van der Waals surface area contributed by atoms with Gasteiger partial charge in [-0.05, 0) is 25.0 Å². The Kier molecular flexibility index (Phi) is 4.11. The van der Waals surface area contributed by atoms with Crippen LogP contribution in [0.5, 0.6) is 0 Å². The summed E-state index contributed by atoms with van der Waals surface area (Å²) in [7, 11) is -5.11. The summed E-state index contributed by atoms with van der Waals surface area (Å²) in [4.78, 5) is 0. The first kappa shape index (κ1) is 17.8. The number of halogens is 4. The predicted octanol–water partition coefficient (Wildman–Crippen LogP) is 1.61. The molecule has 0 radical (unpaired) electrons. The van der Waals surface area contributed by atoms with Crippen LogP contribution in [0.25, 0.3) is 0 Å². The van der Waals surface area contributed by atoms with Gasteiger partial charge in [-0.25, -0.2) is 21.9 Å². The minimum absolute atomic E-state index is 0.0310. The summed E-state index contributed by atoms with van der Waals surface area (Å²) in [5, 5.41) is 11.4. The summed E-state index contributed by atoms with van der Waals surface area (Å²) < 4.78 is 82.3. The monoisotopic (exact) mass is 379 g/mol. The Bertz CT molecular complexity index is 885. The van der Waals surface area contributed by atoms with Crippen LogP contribution >= 0.6 is 0 Å². The summed E-state index contributed by atoms with van der Waals surface area (Å²) in [5.74, 6) is -2.55. The van der Waals surface area contributed by atoms with E-state index in [1.54, 1.807) is 0 Å². The van der Waals surface area contributed by atoms with Gasteiger partial charge in [0.15, 0.2) is 5.60 Å². The molecule has 1 aliphatic carbocycles. The highest BCUT2D eigenvalue weighted by Gasteiger charge is 2.67. The maximum atomic E-state index is 14.9. The molecule has 3 rings (SSSR count). The molecule has 1 fully saturated rings. The molecule has 1 N–H and O–H groups in total. The number of aliphatic hydroxyl groups is 1.